The summed E-state index contributed by atoms with van der Waals surface area (Å²) in [4.78, 5) is 5.64. The molecule has 1 aromatic heterocycles. The van der Waals surface area contributed by atoms with Gasteiger partial charge in [-0.15, -0.1) is 0 Å². The van der Waals surface area contributed by atoms with Crippen LogP contribution in [-0.2, 0) is 16.3 Å². The SMILES string of the molecule is O=S(=O)(CC1(O)CCN(CCc2c[nH]c3ccc(F)cc23)CC1)c1ccccc1. The van der Waals surface area contributed by atoms with E-state index in [-0.39, 0.29) is 16.5 Å². The molecule has 5 nitrogen and oxygen atoms in total. The highest BCUT2D eigenvalue weighted by Crippen LogP contribution is 2.27. The van der Waals surface area contributed by atoms with Crippen molar-refractivity contribution in [1.29, 1.82) is 0 Å². The number of aliphatic hydroxyl groups is 1. The van der Waals surface area contributed by atoms with Crippen LogP contribution in [0, 0.1) is 5.82 Å². The van der Waals surface area contributed by atoms with Gasteiger partial charge in [0.2, 0.25) is 0 Å². The van der Waals surface area contributed by atoms with E-state index in [4.69, 9.17) is 0 Å². The average molecular weight is 417 g/mol. The second kappa shape index (κ2) is 7.89. The summed E-state index contributed by atoms with van der Waals surface area (Å²) in [7, 11) is -3.52. The summed E-state index contributed by atoms with van der Waals surface area (Å²) in [6.07, 6.45) is 3.52. The van der Waals surface area contributed by atoms with Crippen LogP contribution < -0.4 is 0 Å². The van der Waals surface area contributed by atoms with E-state index in [1.165, 1.54) is 6.07 Å². The van der Waals surface area contributed by atoms with Crippen molar-refractivity contribution < 1.29 is 17.9 Å². The Morgan fingerprint density at radius 1 is 1.10 bits per heavy atom. The molecule has 2 aromatic carbocycles. The molecule has 2 heterocycles. The molecule has 3 aromatic rings. The van der Waals surface area contributed by atoms with Crippen LogP contribution in [0.4, 0.5) is 4.39 Å². The molecule has 1 aliphatic heterocycles. The van der Waals surface area contributed by atoms with Crippen LogP contribution in [0.3, 0.4) is 0 Å². The molecule has 4 rings (SSSR count). The topological polar surface area (TPSA) is 73.4 Å². The van der Waals surface area contributed by atoms with Crippen molar-refractivity contribution >= 4 is 20.7 Å². The molecule has 0 bridgehead atoms. The fourth-order valence-corrected chi connectivity index (χ4v) is 5.77. The summed E-state index contributed by atoms with van der Waals surface area (Å²) in [6.45, 7) is 2.06. The van der Waals surface area contributed by atoms with Gasteiger partial charge >= 0.3 is 0 Å². The highest BCUT2D eigenvalue weighted by Gasteiger charge is 2.37. The van der Waals surface area contributed by atoms with Crippen LogP contribution in [0.5, 0.6) is 0 Å². The van der Waals surface area contributed by atoms with E-state index in [0.29, 0.717) is 25.9 Å². The second-order valence-electron chi connectivity index (χ2n) is 7.89. The smallest absolute Gasteiger partial charge is 0.181 e. The monoisotopic (exact) mass is 416 g/mol. The number of sulfone groups is 1. The van der Waals surface area contributed by atoms with Crippen LogP contribution in [-0.4, -0.2) is 54.4 Å². The van der Waals surface area contributed by atoms with Gasteiger partial charge in [-0.05, 0) is 55.2 Å². The zero-order valence-corrected chi connectivity index (χ0v) is 17.0. The van der Waals surface area contributed by atoms with E-state index in [1.54, 1.807) is 42.5 Å². The molecule has 0 amide bonds. The third-order valence-electron chi connectivity index (χ3n) is 5.77. The molecule has 1 aliphatic rings. The summed E-state index contributed by atoms with van der Waals surface area (Å²) in [5.74, 6) is -0.499. The minimum atomic E-state index is -3.52. The molecule has 0 atom stereocenters. The van der Waals surface area contributed by atoms with Crippen LogP contribution in [0.1, 0.15) is 18.4 Å². The zero-order chi connectivity index (χ0) is 20.5. The van der Waals surface area contributed by atoms with Gasteiger partial charge in [0, 0.05) is 36.7 Å². The van der Waals surface area contributed by atoms with Crippen molar-refractivity contribution in [1.82, 2.24) is 9.88 Å². The Bertz CT molecular complexity index is 1090. The highest BCUT2D eigenvalue weighted by atomic mass is 32.2. The molecule has 154 valence electrons. The van der Waals surface area contributed by atoms with E-state index in [1.807, 2.05) is 6.20 Å². The lowest BCUT2D eigenvalue weighted by Crippen LogP contribution is -2.48. The van der Waals surface area contributed by atoms with Crippen molar-refractivity contribution in [2.45, 2.75) is 29.8 Å². The number of likely N-dealkylation sites (tertiary alicyclic amines) is 1. The van der Waals surface area contributed by atoms with Gasteiger partial charge in [-0.3, -0.25) is 0 Å². The molecule has 0 radical (unpaired) electrons. The third kappa shape index (κ3) is 4.52. The van der Waals surface area contributed by atoms with E-state index < -0.39 is 15.4 Å². The molecule has 0 unspecified atom stereocenters. The molecule has 0 saturated carbocycles. The normalized spacial score (nSPS) is 17.6. The number of benzene rings is 2. The molecule has 7 heteroatoms. The maximum absolute atomic E-state index is 13.5. The van der Waals surface area contributed by atoms with Gasteiger partial charge in [-0.25, -0.2) is 12.8 Å². The van der Waals surface area contributed by atoms with Gasteiger partial charge in [-0.2, -0.15) is 0 Å². The van der Waals surface area contributed by atoms with Crippen LogP contribution in [0.2, 0.25) is 0 Å². The van der Waals surface area contributed by atoms with Crippen molar-refractivity contribution in [3.05, 3.63) is 66.1 Å². The molecule has 1 fully saturated rings. The van der Waals surface area contributed by atoms with Gasteiger partial charge in [0.15, 0.2) is 9.84 Å². The van der Waals surface area contributed by atoms with E-state index >= 15 is 0 Å². The molecule has 0 spiro atoms. The number of fused-ring (bicyclic) bond motifs is 1. The van der Waals surface area contributed by atoms with Crippen molar-refractivity contribution in [2.75, 3.05) is 25.4 Å². The minimum absolute atomic E-state index is 0.249. The molecular weight excluding hydrogens is 391 g/mol. The van der Waals surface area contributed by atoms with Crippen molar-refractivity contribution in [3.8, 4) is 0 Å². The quantitative estimate of drug-likeness (QED) is 0.648. The largest absolute Gasteiger partial charge is 0.389 e. The van der Waals surface area contributed by atoms with Crippen molar-refractivity contribution in [3.63, 3.8) is 0 Å². The van der Waals surface area contributed by atoms with Gasteiger partial charge < -0.3 is 15.0 Å². The first-order valence-corrected chi connectivity index (χ1v) is 11.5. The number of aromatic amines is 1. The van der Waals surface area contributed by atoms with Gasteiger partial charge in [0.05, 0.1) is 16.2 Å². The van der Waals surface area contributed by atoms with Crippen LogP contribution >= 0.6 is 0 Å². The third-order valence-corrected chi connectivity index (χ3v) is 7.68. The summed E-state index contributed by atoms with van der Waals surface area (Å²) in [5.41, 5.74) is 0.780. The predicted octanol–water partition coefficient (Wildman–Crippen LogP) is 3.15. The number of rotatable bonds is 6. The summed E-state index contributed by atoms with van der Waals surface area (Å²) < 4.78 is 38.8. The number of aromatic nitrogens is 1. The Labute approximate surface area is 170 Å². The van der Waals surface area contributed by atoms with Gasteiger partial charge in [0.25, 0.3) is 0 Å². The first-order valence-electron chi connectivity index (χ1n) is 9.83. The van der Waals surface area contributed by atoms with Gasteiger partial charge in [-0.1, -0.05) is 18.2 Å². The first-order chi connectivity index (χ1) is 13.8. The number of H-pyrrole nitrogens is 1. The Balaban J connectivity index is 1.34. The fraction of sp³-hybridized carbons (Fsp3) is 0.364. The standard InChI is InChI=1S/C22H25FN2O3S/c23-18-6-7-21-20(14-18)17(15-24-21)8-11-25-12-9-22(26,10-13-25)16-29(27,28)19-4-2-1-3-5-19/h1-7,14-15,24,26H,8-13,16H2. The number of nitrogens with zero attached hydrogens (tertiary/aromatic N) is 1. The Morgan fingerprint density at radius 3 is 2.55 bits per heavy atom. The molecule has 1 saturated heterocycles. The predicted molar refractivity (Wildman–Crippen MR) is 111 cm³/mol. The summed E-state index contributed by atoms with van der Waals surface area (Å²) >= 11 is 0. The molecule has 2 N–H and O–H groups in total. The average Bonchev–Trinajstić information content (AvgIpc) is 3.10. The van der Waals surface area contributed by atoms with E-state index in [2.05, 4.69) is 9.88 Å². The minimum Gasteiger partial charge on any atom is -0.389 e. The Kier molecular flexibility index (Phi) is 5.46. The molecule has 0 aliphatic carbocycles. The number of halogens is 1. The Morgan fingerprint density at radius 2 is 1.83 bits per heavy atom. The van der Waals surface area contributed by atoms with Gasteiger partial charge in [0.1, 0.15) is 5.82 Å². The Hall–Kier alpha value is -2.22. The maximum Gasteiger partial charge on any atom is 0.181 e. The van der Waals surface area contributed by atoms with E-state index in [9.17, 15) is 17.9 Å². The van der Waals surface area contributed by atoms with Crippen LogP contribution in [0.15, 0.2) is 59.6 Å². The summed E-state index contributed by atoms with van der Waals surface area (Å²) in [6, 6.07) is 13.0. The second-order valence-corrected chi connectivity index (χ2v) is 9.88. The maximum atomic E-state index is 13.5. The number of piperidine rings is 1. The lowest BCUT2D eigenvalue weighted by atomic mass is 9.93. The summed E-state index contributed by atoms with van der Waals surface area (Å²) in [5, 5.41) is 11.8. The van der Waals surface area contributed by atoms with Crippen LogP contribution in [0.25, 0.3) is 10.9 Å². The lowest BCUT2D eigenvalue weighted by molar-refractivity contribution is -0.00208. The zero-order valence-electron chi connectivity index (χ0n) is 16.1. The fourth-order valence-electron chi connectivity index (χ4n) is 4.04. The highest BCUT2D eigenvalue weighted by molar-refractivity contribution is 7.91. The number of nitrogens with one attached hydrogen (secondary N) is 1. The number of hydrogen-bond acceptors (Lipinski definition) is 4. The lowest BCUT2D eigenvalue weighted by Gasteiger charge is -2.38. The van der Waals surface area contributed by atoms with Crippen molar-refractivity contribution in [2.24, 2.45) is 0 Å². The number of hydrogen-bond donors (Lipinski definition) is 2. The molecule has 29 heavy (non-hydrogen) atoms. The molecular formula is C22H25FN2O3S. The first kappa shape index (κ1) is 20.1. The van der Waals surface area contributed by atoms with E-state index in [0.717, 1.165) is 29.4 Å².